The number of hydrogen-bond donors (Lipinski definition) is 1. The highest BCUT2D eigenvalue weighted by Crippen LogP contribution is 2.30. The lowest BCUT2D eigenvalue weighted by Gasteiger charge is -2.10. The van der Waals surface area contributed by atoms with Crippen molar-refractivity contribution >= 4 is 38.5 Å². The molecule has 5 rings (SSSR count). The molecule has 0 fully saturated rings. The Hall–Kier alpha value is -3.79. The van der Waals surface area contributed by atoms with Gasteiger partial charge in [0.1, 0.15) is 0 Å². The summed E-state index contributed by atoms with van der Waals surface area (Å²) in [5.74, 6) is -0.971. The molecule has 4 nitrogen and oxygen atoms in total. The third-order valence-corrected chi connectivity index (χ3v) is 4.79. The number of carboxylic acids is 1. The second kappa shape index (κ2) is 5.88. The second-order valence-electron chi connectivity index (χ2n) is 6.43. The lowest BCUT2D eigenvalue weighted by molar-refractivity contribution is 0.0699. The number of carboxylic acid groups (broad SMARTS) is 1. The van der Waals surface area contributed by atoms with Crippen LogP contribution in [-0.4, -0.2) is 21.0 Å². The zero-order valence-corrected chi connectivity index (χ0v) is 14.3. The maximum absolute atomic E-state index is 12.0. The first-order valence-electron chi connectivity index (χ1n) is 8.63. The summed E-state index contributed by atoms with van der Waals surface area (Å²) in [5, 5.41) is 13.4. The van der Waals surface area contributed by atoms with Gasteiger partial charge in [-0.05, 0) is 35.0 Å². The van der Waals surface area contributed by atoms with Gasteiger partial charge in [0, 0.05) is 10.8 Å². The molecule has 1 N–H and O–H groups in total. The molecule has 27 heavy (non-hydrogen) atoms. The van der Waals surface area contributed by atoms with Crippen molar-refractivity contribution in [3.63, 3.8) is 0 Å². The van der Waals surface area contributed by atoms with Crippen LogP contribution >= 0.6 is 0 Å². The maximum Gasteiger partial charge on any atom is 0.336 e. The van der Waals surface area contributed by atoms with E-state index in [1.165, 1.54) is 0 Å². The number of aromatic carboxylic acids is 1. The van der Waals surface area contributed by atoms with Crippen LogP contribution in [0.5, 0.6) is 0 Å². The number of hydrogen-bond acceptors (Lipinski definition) is 3. The summed E-state index contributed by atoms with van der Waals surface area (Å²) in [4.78, 5) is 21.4. The molecular formula is C23H14N2O2. The van der Waals surface area contributed by atoms with Crippen molar-refractivity contribution in [3.8, 4) is 11.4 Å². The van der Waals surface area contributed by atoms with Crippen LogP contribution in [0.4, 0.5) is 0 Å². The molecule has 4 heteroatoms. The Morgan fingerprint density at radius 3 is 2.26 bits per heavy atom. The van der Waals surface area contributed by atoms with Crippen LogP contribution in [-0.2, 0) is 0 Å². The van der Waals surface area contributed by atoms with Gasteiger partial charge in [-0.15, -0.1) is 0 Å². The normalized spacial score (nSPS) is 11.3. The van der Waals surface area contributed by atoms with E-state index in [-0.39, 0.29) is 5.56 Å². The minimum atomic E-state index is -0.971. The lowest BCUT2D eigenvalue weighted by atomic mass is 9.99. The first kappa shape index (κ1) is 15.5. The summed E-state index contributed by atoms with van der Waals surface area (Å²) >= 11 is 0. The topological polar surface area (TPSA) is 63.1 Å². The van der Waals surface area contributed by atoms with E-state index in [1.807, 2.05) is 72.8 Å². The smallest absolute Gasteiger partial charge is 0.336 e. The van der Waals surface area contributed by atoms with Crippen molar-refractivity contribution in [2.45, 2.75) is 0 Å². The molecule has 0 aliphatic heterocycles. The van der Waals surface area contributed by atoms with Crippen molar-refractivity contribution < 1.29 is 9.90 Å². The number of benzene rings is 3. The van der Waals surface area contributed by atoms with Gasteiger partial charge in [-0.3, -0.25) is 0 Å². The van der Waals surface area contributed by atoms with Gasteiger partial charge in [0.05, 0.1) is 28.0 Å². The zero-order valence-electron chi connectivity index (χ0n) is 14.3. The minimum absolute atomic E-state index is 0.238. The van der Waals surface area contributed by atoms with E-state index in [2.05, 4.69) is 4.98 Å². The van der Waals surface area contributed by atoms with E-state index >= 15 is 0 Å². The number of fused-ring (bicyclic) bond motifs is 4. The Labute approximate surface area is 154 Å². The Balaban J connectivity index is 1.83. The SMILES string of the molecule is O=C(O)c1cc(-c2ccc3ccccc3n2)nc2ccc3ccccc3c12. The average Bonchev–Trinajstić information content (AvgIpc) is 2.72. The Bertz CT molecular complexity index is 1360. The van der Waals surface area contributed by atoms with Gasteiger partial charge in [-0.1, -0.05) is 54.6 Å². The number of aromatic nitrogens is 2. The highest BCUT2D eigenvalue weighted by molar-refractivity contribution is 6.15. The monoisotopic (exact) mass is 350 g/mol. The quantitative estimate of drug-likeness (QED) is 0.439. The molecule has 2 aromatic heterocycles. The lowest BCUT2D eigenvalue weighted by Crippen LogP contribution is -2.01. The predicted octanol–water partition coefficient (Wildman–Crippen LogP) is 5.30. The Morgan fingerprint density at radius 2 is 1.41 bits per heavy atom. The van der Waals surface area contributed by atoms with Gasteiger partial charge in [-0.2, -0.15) is 0 Å². The number of pyridine rings is 2. The first-order chi connectivity index (χ1) is 13.2. The third kappa shape index (κ3) is 2.50. The van der Waals surface area contributed by atoms with Crippen LogP contribution in [0.2, 0.25) is 0 Å². The van der Waals surface area contributed by atoms with Crippen LogP contribution < -0.4 is 0 Å². The zero-order chi connectivity index (χ0) is 18.4. The highest BCUT2D eigenvalue weighted by Gasteiger charge is 2.16. The van der Waals surface area contributed by atoms with Crippen LogP contribution in [0.3, 0.4) is 0 Å². The number of carbonyl (C=O) groups is 1. The number of rotatable bonds is 2. The molecule has 0 aliphatic rings. The average molecular weight is 350 g/mol. The van der Waals surface area contributed by atoms with E-state index < -0.39 is 5.97 Å². The van der Waals surface area contributed by atoms with Gasteiger partial charge in [0.25, 0.3) is 0 Å². The molecule has 0 unspecified atom stereocenters. The molecule has 0 atom stereocenters. The molecule has 5 aromatic rings. The fourth-order valence-corrected chi connectivity index (χ4v) is 3.52. The molecule has 0 saturated heterocycles. The molecule has 2 heterocycles. The fraction of sp³-hybridized carbons (Fsp3) is 0. The van der Waals surface area contributed by atoms with Gasteiger partial charge < -0.3 is 5.11 Å². The summed E-state index contributed by atoms with van der Waals surface area (Å²) in [6.07, 6.45) is 0. The largest absolute Gasteiger partial charge is 0.478 e. The molecular weight excluding hydrogens is 336 g/mol. The van der Waals surface area contributed by atoms with Crippen LogP contribution in [0.15, 0.2) is 78.9 Å². The van der Waals surface area contributed by atoms with Crippen molar-refractivity contribution in [3.05, 3.63) is 84.4 Å². The maximum atomic E-state index is 12.0. The van der Waals surface area contributed by atoms with E-state index in [0.29, 0.717) is 22.3 Å². The van der Waals surface area contributed by atoms with Crippen molar-refractivity contribution in [2.75, 3.05) is 0 Å². The third-order valence-electron chi connectivity index (χ3n) is 4.79. The number of para-hydroxylation sites is 1. The standard InChI is InChI=1S/C23H14N2O2/c26-23(27)17-13-21(19-11-10-15-6-2-4-8-18(15)24-19)25-20-12-9-14-5-1-3-7-16(14)22(17)20/h1-13H,(H,26,27). The van der Waals surface area contributed by atoms with Gasteiger partial charge in [-0.25, -0.2) is 14.8 Å². The molecule has 0 amide bonds. The number of nitrogens with zero attached hydrogens (tertiary/aromatic N) is 2. The van der Waals surface area contributed by atoms with Crippen molar-refractivity contribution in [1.29, 1.82) is 0 Å². The molecule has 3 aromatic carbocycles. The predicted molar refractivity (Wildman–Crippen MR) is 107 cm³/mol. The molecule has 0 radical (unpaired) electrons. The summed E-state index contributed by atoms with van der Waals surface area (Å²) < 4.78 is 0. The van der Waals surface area contributed by atoms with E-state index in [1.54, 1.807) is 6.07 Å². The van der Waals surface area contributed by atoms with E-state index in [0.717, 1.165) is 21.7 Å². The summed E-state index contributed by atoms with van der Waals surface area (Å²) in [5.41, 5.74) is 2.96. The van der Waals surface area contributed by atoms with E-state index in [4.69, 9.17) is 4.98 Å². The van der Waals surface area contributed by atoms with Crippen molar-refractivity contribution in [2.24, 2.45) is 0 Å². The van der Waals surface area contributed by atoms with Crippen LogP contribution in [0.1, 0.15) is 10.4 Å². The summed E-state index contributed by atoms with van der Waals surface area (Å²) in [7, 11) is 0. The van der Waals surface area contributed by atoms with Crippen LogP contribution in [0.25, 0.3) is 44.0 Å². The molecule has 0 spiro atoms. The molecule has 0 aliphatic carbocycles. The highest BCUT2D eigenvalue weighted by atomic mass is 16.4. The fourth-order valence-electron chi connectivity index (χ4n) is 3.52. The molecule has 0 saturated carbocycles. The van der Waals surface area contributed by atoms with Crippen LogP contribution in [0, 0.1) is 0 Å². The second-order valence-corrected chi connectivity index (χ2v) is 6.43. The van der Waals surface area contributed by atoms with Gasteiger partial charge >= 0.3 is 5.97 Å². The molecule has 128 valence electrons. The first-order valence-corrected chi connectivity index (χ1v) is 8.63. The summed E-state index contributed by atoms with van der Waals surface area (Å²) in [6.45, 7) is 0. The van der Waals surface area contributed by atoms with Crippen molar-refractivity contribution in [1.82, 2.24) is 9.97 Å². The van der Waals surface area contributed by atoms with Gasteiger partial charge in [0.2, 0.25) is 0 Å². The van der Waals surface area contributed by atoms with Gasteiger partial charge in [0.15, 0.2) is 0 Å². The Kier molecular flexibility index (Phi) is 3.37. The Morgan fingerprint density at radius 1 is 0.704 bits per heavy atom. The summed E-state index contributed by atoms with van der Waals surface area (Å²) in [6, 6.07) is 24.9. The molecule has 0 bridgehead atoms. The minimum Gasteiger partial charge on any atom is -0.478 e. The van der Waals surface area contributed by atoms with E-state index in [9.17, 15) is 9.90 Å².